The lowest BCUT2D eigenvalue weighted by atomic mass is 10.2. The van der Waals surface area contributed by atoms with E-state index >= 15 is 0 Å². The number of amidine groups is 1. The second-order valence-corrected chi connectivity index (χ2v) is 6.50. The second kappa shape index (κ2) is 7.77. The third kappa shape index (κ3) is 4.22. The van der Waals surface area contributed by atoms with E-state index in [0.717, 1.165) is 49.9 Å². The number of alkyl halides is 1. The Hall–Kier alpha value is -1.62. The van der Waals surface area contributed by atoms with Gasteiger partial charge in [0, 0.05) is 25.7 Å². The maximum atomic E-state index is 6.14. The Morgan fingerprint density at radius 1 is 1.35 bits per heavy atom. The molecular weight excluding hydrogens is 312 g/mol. The zero-order chi connectivity index (χ0) is 16.1. The van der Waals surface area contributed by atoms with Crippen molar-refractivity contribution < 1.29 is 4.42 Å². The Morgan fingerprint density at radius 3 is 3.04 bits per heavy atom. The predicted octanol–water partition coefficient (Wildman–Crippen LogP) is 3.34. The number of nitrogens with one attached hydrogen (secondary N) is 1. The van der Waals surface area contributed by atoms with Crippen molar-refractivity contribution in [1.29, 1.82) is 0 Å². The van der Waals surface area contributed by atoms with Crippen molar-refractivity contribution in [1.82, 2.24) is 15.1 Å². The molecule has 1 atom stereocenters. The molecule has 2 aliphatic heterocycles. The highest BCUT2D eigenvalue weighted by Gasteiger charge is 2.29. The van der Waals surface area contributed by atoms with Crippen molar-refractivity contribution in [3.8, 4) is 0 Å². The monoisotopic (exact) mass is 336 g/mol. The summed E-state index contributed by atoms with van der Waals surface area (Å²) in [5, 5.41) is 3.23. The molecule has 0 spiro atoms. The minimum absolute atomic E-state index is 0.340. The van der Waals surface area contributed by atoms with E-state index in [-0.39, 0.29) is 5.62 Å². The van der Waals surface area contributed by atoms with Crippen LogP contribution in [-0.2, 0) is 6.42 Å². The highest BCUT2D eigenvalue weighted by molar-refractivity contribution is 6.22. The number of furan rings is 1. The fourth-order valence-electron chi connectivity index (χ4n) is 3.03. The molecule has 0 radical (unpaired) electrons. The van der Waals surface area contributed by atoms with Crippen molar-refractivity contribution in [2.75, 3.05) is 19.8 Å². The van der Waals surface area contributed by atoms with E-state index in [1.807, 2.05) is 12.1 Å². The SMILES string of the molecule is CCCCCN1CN(CCCc2ccco2)C=C2NC(Cl)N=C21. The number of halogens is 1. The molecule has 1 unspecified atom stereocenters. The Morgan fingerprint density at radius 2 is 2.26 bits per heavy atom. The van der Waals surface area contributed by atoms with Crippen LogP contribution in [0.4, 0.5) is 0 Å². The van der Waals surface area contributed by atoms with Gasteiger partial charge in [-0.15, -0.1) is 0 Å². The van der Waals surface area contributed by atoms with Gasteiger partial charge in [0.25, 0.3) is 0 Å². The molecule has 3 rings (SSSR count). The summed E-state index contributed by atoms with van der Waals surface area (Å²) in [6.07, 6.45) is 9.59. The molecule has 6 heteroatoms. The summed E-state index contributed by atoms with van der Waals surface area (Å²) in [5.41, 5.74) is 0.707. The number of aliphatic imine (C=N–C) groups is 1. The van der Waals surface area contributed by atoms with Gasteiger partial charge in [0.05, 0.1) is 18.6 Å². The average Bonchev–Trinajstić information content (AvgIpc) is 3.16. The molecule has 0 aliphatic carbocycles. The minimum atomic E-state index is -0.340. The number of hydrogen-bond donors (Lipinski definition) is 1. The second-order valence-electron chi connectivity index (χ2n) is 6.08. The van der Waals surface area contributed by atoms with Gasteiger partial charge in [-0.3, -0.25) is 0 Å². The molecule has 3 heterocycles. The number of fused-ring (bicyclic) bond motifs is 1. The first kappa shape index (κ1) is 16.2. The van der Waals surface area contributed by atoms with Gasteiger partial charge in [0.2, 0.25) is 0 Å². The number of nitrogens with zero attached hydrogens (tertiary/aromatic N) is 3. The molecule has 0 amide bonds. The van der Waals surface area contributed by atoms with E-state index in [4.69, 9.17) is 16.0 Å². The number of hydrogen-bond acceptors (Lipinski definition) is 5. The van der Waals surface area contributed by atoms with Crippen LogP contribution in [0.1, 0.15) is 38.4 Å². The van der Waals surface area contributed by atoms with Gasteiger partial charge in [-0.1, -0.05) is 31.4 Å². The van der Waals surface area contributed by atoms with Crippen LogP contribution in [0.3, 0.4) is 0 Å². The van der Waals surface area contributed by atoms with Gasteiger partial charge < -0.3 is 19.5 Å². The van der Waals surface area contributed by atoms with Crippen LogP contribution in [-0.4, -0.2) is 41.0 Å². The number of rotatable bonds is 8. The van der Waals surface area contributed by atoms with Crippen LogP contribution < -0.4 is 5.32 Å². The van der Waals surface area contributed by atoms with E-state index in [1.165, 1.54) is 19.3 Å². The quantitative estimate of drug-likeness (QED) is 0.449. The zero-order valence-electron chi connectivity index (χ0n) is 13.7. The van der Waals surface area contributed by atoms with E-state index in [2.05, 4.69) is 33.2 Å². The number of aryl methyl sites for hydroxylation is 1. The molecule has 1 aromatic heterocycles. The molecule has 23 heavy (non-hydrogen) atoms. The van der Waals surface area contributed by atoms with Gasteiger partial charge in [-0.2, -0.15) is 0 Å². The maximum absolute atomic E-state index is 6.14. The molecule has 1 N–H and O–H groups in total. The Labute approximate surface area is 143 Å². The van der Waals surface area contributed by atoms with Crippen LogP contribution in [0.5, 0.6) is 0 Å². The Kier molecular flexibility index (Phi) is 5.49. The van der Waals surface area contributed by atoms with Crippen molar-refractivity contribution in [3.63, 3.8) is 0 Å². The summed E-state index contributed by atoms with van der Waals surface area (Å²) in [4.78, 5) is 9.19. The Balaban J connectivity index is 1.57. The zero-order valence-corrected chi connectivity index (χ0v) is 14.4. The van der Waals surface area contributed by atoms with Gasteiger partial charge in [-0.05, 0) is 25.0 Å². The Bertz CT molecular complexity index is 555. The maximum Gasteiger partial charge on any atom is 0.197 e. The van der Waals surface area contributed by atoms with Crippen molar-refractivity contribution in [2.45, 2.75) is 44.7 Å². The molecular formula is C17H25ClN4O. The molecule has 0 saturated carbocycles. The summed E-state index contributed by atoms with van der Waals surface area (Å²) >= 11 is 6.14. The van der Waals surface area contributed by atoms with Crippen LogP contribution >= 0.6 is 11.6 Å². The average molecular weight is 337 g/mol. The summed E-state index contributed by atoms with van der Waals surface area (Å²) in [6.45, 7) is 5.14. The van der Waals surface area contributed by atoms with Crippen LogP contribution in [0.25, 0.3) is 0 Å². The van der Waals surface area contributed by atoms with Crippen molar-refractivity contribution >= 4 is 17.4 Å². The van der Waals surface area contributed by atoms with Crippen LogP contribution in [0.2, 0.25) is 0 Å². The lowest BCUT2D eigenvalue weighted by Gasteiger charge is -2.36. The molecule has 1 aromatic rings. The summed E-state index contributed by atoms with van der Waals surface area (Å²) in [7, 11) is 0. The van der Waals surface area contributed by atoms with E-state index in [9.17, 15) is 0 Å². The minimum Gasteiger partial charge on any atom is -0.469 e. The first-order valence-electron chi connectivity index (χ1n) is 8.48. The smallest absolute Gasteiger partial charge is 0.197 e. The van der Waals surface area contributed by atoms with Crippen LogP contribution in [0, 0.1) is 0 Å². The highest BCUT2D eigenvalue weighted by Crippen LogP contribution is 2.21. The van der Waals surface area contributed by atoms with Gasteiger partial charge in [-0.25, -0.2) is 4.99 Å². The van der Waals surface area contributed by atoms with E-state index in [1.54, 1.807) is 6.26 Å². The fraction of sp³-hybridized carbons (Fsp3) is 0.588. The van der Waals surface area contributed by atoms with E-state index in [0.29, 0.717) is 0 Å². The fourth-order valence-corrected chi connectivity index (χ4v) is 3.24. The molecule has 0 fully saturated rings. The van der Waals surface area contributed by atoms with Gasteiger partial charge in [0.15, 0.2) is 11.5 Å². The molecule has 5 nitrogen and oxygen atoms in total. The van der Waals surface area contributed by atoms with Crippen molar-refractivity contribution in [3.05, 3.63) is 36.1 Å². The van der Waals surface area contributed by atoms with Gasteiger partial charge >= 0.3 is 0 Å². The van der Waals surface area contributed by atoms with Crippen LogP contribution in [0.15, 0.2) is 39.7 Å². The highest BCUT2D eigenvalue weighted by atomic mass is 35.5. The summed E-state index contributed by atoms with van der Waals surface area (Å²) in [6, 6.07) is 3.98. The standard InChI is InChI=1S/C17H25ClN4O/c1-2-3-4-10-22-13-21(9-5-7-14-8-6-11-23-14)12-15-16(22)20-17(18)19-15/h6,8,11-12,17,19H,2-5,7,9-10,13H2,1H3. The lowest BCUT2D eigenvalue weighted by molar-refractivity contribution is 0.229. The number of unbranched alkanes of at least 4 members (excludes halogenated alkanes) is 2. The molecule has 0 bridgehead atoms. The first-order chi connectivity index (χ1) is 11.3. The normalized spacial score (nSPS) is 20.2. The predicted molar refractivity (Wildman–Crippen MR) is 93.1 cm³/mol. The molecule has 126 valence electrons. The topological polar surface area (TPSA) is 44.0 Å². The molecule has 0 aromatic carbocycles. The van der Waals surface area contributed by atoms with E-state index < -0.39 is 0 Å². The third-order valence-corrected chi connectivity index (χ3v) is 4.40. The largest absolute Gasteiger partial charge is 0.469 e. The summed E-state index contributed by atoms with van der Waals surface area (Å²) < 4.78 is 5.40. The lowest BCUT2D eigenvalue weighted by Crippen LogP contribution is -2.45. The molecule has 0 saturated heterocycles. The first-order valence-corrected chi connectivity index (χ1v) is 8.92. The summed E-state index contributed by atoms with van der Waals surface area (Å²) in [5.74, 6) is 2.07. The molecule has 2 aliphatic rings. The third-order valence-electron chi connectivity index (χ3n) is 4.19. The van der Waals surface area contributed by atoms with Gasteiger partial charge in [0.1, 0.15) is 5.76 Å². The van der Waals surface area contributed by atoms with Crippen molar-refractivity contribution in [2.24, 2.45) is 4.99 Å².